The van der Waals surface area contributed by atoms with Crippen molar-refractivity contribution in [2.75, 3.05) is 10.6 Å². The Morgan fingerprint density at radius 1 is 0.840 bits per heavy atom. The van der Waals surface area contributed by atoms with Gasteiger partial charge < -0.3 is 10.6 Å². The number of nitrogens with one attached hydrogen (secondary N) is 2. The first kappa shape index (κ1) is 19.3. The maximum Gasteiger partial charge on any atom is 0.224 e. The maximum atomic E-state index is 12.0. The van der Waals surface area contributed by atoms with Crippen LogP contribution in [-0.2, 0) is 9.59 Å². The van der Waals surface area contributed by atoms with Crippen LogP contribution in [0.3, 0.4) is 0 Å². The molecule has 0 aliphatic heterocycles. The molecule has 2 aromatic carbocycles. The van der Waals surface area contributed by atoms with E-state index in [1.165, 1.54) is 0 Å². The van der Waals surface area contributed by atoms with Crippen LogP contribution >= 0.6 is 23.2 Å². The van der Waals surface area contributed by atoms with Crippen LogP contribution < -0.4 is 10.6 Å². The minimum Gasteiger partial charge on any atom is -0.326 e. The minimum atomic E-state index is -0.0766. The monoisotopic (exact) mass is 378 g/mol. The Morgan fingerprint density at radius 3 is 1.76 bits per heavy atom. The average molecular weight is 379 g/mol. The lowest BCUT2D eigenvalue weighted by atomic mass is 10.0. The number of halogens is 2. The molecule has 25 heavy (non-hydrogen) atoms. The van der Waals surface area contributed by atoms with Crippen molar-refractivity contribution in [2.45, 2.75) is 26.2 Å². The van der Waals surface area contributed by atoms with Crippen LogP contribution in [0.1, 0.15) is 26.2 Å². The van der Waals surface area contributed by atoms with Gasteiger partial charge in [-0.1, -0.05) is 30.1 Å². The number of carbonyl (C=O) groups excluding carboxylic acids is 2. The number of hydrogen-bond donors (Lipinski definition) is 2. The molecule has 0 aliphatic rings. The third-order valence-electron chi connectivity index (χ3n) is 3.65. The molecule has 2 aromatic rings. The highest BCUT2D eigenvalue weighted by Gasteiger charge is 2.12. The van der Waals surface area contributed by atoms with Gasteiger partial charge in [0.05, 0.1) is 0 Å². The fraction of sp³-hybridized carbons (Fsp3) is 0.263. The Bertz CT molecular complexity index is 715. The third-order valence-corrected chi connectivity index (χ3v) is 4.16. The van der Waals surface area contributed by atoms with E-state index >= 15 is 0 Å². The Kier molecular flexibility index (Phi) is 7.29. The summed E-state index contributed by atoms with van der Waals surface area (Å²) in [6, 6.07) is 13.9. The van der Waals surface area contributed by atoms with Crippen LogP contribution in [0, 0.1) is 5.92 Å². The molecule has 1 atom stereocenters. The van der Waals surface area contributed by atoms with E-state index < -0.39 is 0 Å². The molecule has 0 saturated heterocycles. The van der Waals surface area contributed by atoms with Gasteiger partial charge >= 0.3 is 0 Å². The summed E-state index contributed by atoms with van der Waals surface area (Å²) in [6.07, 6.45) is 1.35. The molecule has 1 unspecified atom stereocenters. The Labute approximate surface area is 157 Å². The number of amides is 2. The summed E-state index contributed by atoms with van der Waals surface area (Å²) in [5.74, 6) is -0.0523. The molecule has 0 radical (unpaired) electrons. The predicted molar refractivity (Wildman–Crippen MR) is 103 cm³/mol. The Morgan fingerprint density at radius 2 is 1.28 bits per heavy atom. The molecule has 0 fully saturated rings. The molecule has 6 heteroatoms. The molecule has 0 aromatic heterocycles. The Hall–Kier alpha value is -2.04. The molecule has 2 N–H and O–H groups in total. The molecule has 0 bridgehead atoms. The zero-order valence-corrected chi connectivity index (χ0v) is 15.4. The molecule has 0 aliphatic carbocycles. The lowest BCUT2D eigenvalue weighted by Gasteiger charge is -2.12. The SMILES string of the molecule is CC(CCC(=O)Nc1ccc(Cl)cc1)CC(=O)Nc1ccc(Cl)cc1. The number of carbonyl (C=O) groups is 2. The molecular weight excluding hydrogens is 359 g/mol. The summed E-state index contributed by atoms with van der Waals surface area (Å²) in [4.78, 5) is 24.0. The zero-order valence-electron chi connectivity index (χ0n) is 13.9. The van der Waals surface area contributed by atoms with E-state index in [0.717, 1.165) is 0 Å². The third kappa shape index (κ3) is 7.16. The van der Waals surface area contributed by atoms with E-state index in [2.05, 4.69) is 10.6 Å². The van der Waals surface area contributed by atoms with Gasteiger partial charge in [0.2, 0.25) is 11.8 Å². The number of hydrogen-bond acceptors (Lipinski definition) is 2. The van der Waals surface area contributed by atoms with Crippen molar-refractivity contribution in [2.24, 2.45) is 5.92 Å². The number of anilines is 2. The van der Waals surface area contributed by atoms with Crippen LogP contribution in [0.25, 0.3) is 0 Å². The fourth-order valence-electron chi connectivity index (χ4n) is 2.30. The summed E-state index contributed by atoms with van der Waals surface area (Å²) < 4.78 is 0. The first-order chi connectivity index (χ1) is 11.9. The second kappa shape index (κ2) is 9.44. The zero-order chi connectivity index (χ0) is 18.2. The van der Waals surface area contributed by atoms with E-state index in [4.69, 9.17) is 23.2 Å². The lowest BCUT2D eigenvalue weighted by Crippen LogP contribution is -2.17. The van der Waals surface area contributed by atoms with Gasteiger partial charge in [-0.05, 0) is 60.9 Å². The molecule has 4 nitrogen and oxygen atoms in total. The second-order valence-corrected chi connectivity index (χ2v) is 6.83. The summed E-state index contributed by atoms with van der Waals surface area (Å²) in [6.45, 7) is 1.96. The van der Waals surface area contributed by atoms with E-state index in [1.807, 2.05) is 6.92 Å². The van der Waals surface area contributed by atoms with Crippen LogP contribution in [0.15, 0.2) is 48.5 Å². The van der Waals surface area contributed by atoms with Crippen molar-refractivity contribution >= 4 is 46.4 Å². The summed E-state index contributed by atoms with van der Waals surface area (Å²) in [7, 11) is 0. The average Bonchev–Trinajstić information content (AvgIpc) is 2.57. The summed E-state index contributed by atoms with van der Waals surface area (Å²) in [5, 5.41) is 6.88. The first-order valence-electron chi connectivity index (χ1n) is 8.03. The highest BCUT2D eigenvalue weighted by molar-refractivity contribution is 6.30. The topological polar surface area (TPSA) is 58.2 Å². The van der Waals surface area contributed by atoms with Gasteiger partial charge in [0.15, 0.2) is 0 Å². The van der Waals surface area contributed by atoms with E-state index in [0.29, 0.717) is 40.7 Å². The van der Waals surface area contributed by atoms with Crippen LogP contribution in [-0.4, -0.2) is 11.8 Å². The van der Waals surface area contributed by atoms with Crippen molar-refractivity contribution in [3.8, 4) is 0 Å². The molecule has 0 saturated carbocycles. The standard InChI is InChI=1S/C19H20Cl2N2O2/c1-13(12-19(25)23-17-9-5-15(21)6-10-17)2-11-18(24)22-16-7-3-14(20)4-8-16/h3-10,13H,2,11-12H2,1H3,(H,22,24)(H,23,25). The van der Waals surface area contributed by atoms with Crippen molar-refractivity contribution < 1.29 is 9.59 Å². The normalized spacial score (nSPS) is 11.6. The smallest absolute Gasteiger partial charge is 0.224 e. The fourth-order valence-corrected chi connectivity index (χ4v) is 2.55. The van der Waals surface area contributed by atoms with E-state index in [1.54, 1.807) is 48.5 Å². The lowest BCUT2D eigenvalue weighted by molar-refractivity contribution is -0.118. The van der Waals surface area contributed by atoms with Gasteiger partial charge in [0.25, 0.3) is 0 Å². The number of benzene rings is 2. The molecular formula is C19H20Cl2N2O2. The van der Waals surface area contributed by atoms with Gasteiger partial charge in [-0.3, -0.25) is 9.59 Å². The first-order valence-corrected chi connectivity index (χ1v) is 8.79. The molecule has 0 spiro atoms. The van der Waals surface area contributed by atoms with E-state index in [9.17, 15) is 9.59 Å². The van der Waals surface area contributed by atoms with Crippen molar-refractivity contribution in [3.63, 3.8) is 0 Å². The second-order valence-electron chi connectivity index (χ2n) is 5.96. The maximum absolute atomic E-state index is 12.0. The van der Waals surface area contributed by atoms with Gasteiger partial charge in [-0.2, -0.15) is 0 Å². The highest BCUT2D eigenvalue weighted by Crippen LogP contribution is 2.17. The molecule has 2 amide bonds. The summed E-state index contributed by atoms with van der Waals surface area (Å²) >= 11 is 11.6. The van der Waals surface area contributed by atoms with Gasteiger partial charge in [-0.15, -0.1) is 0 Å². The van der Waals surface area contributed by atoms with Gasteiger partial charge in [-0.25, -0.2) is 0 Å². The summed E-state index contributed by atoms with van der Waals surface area (Å²) in [5.41, 5.74) is 1.42. The Balaban J connectivity index is 1.71. The van der Waals surface area contributed by atoms with Crippen LogP contribution in [0.2, 0.25) is 10.0 Å². The quantitative estimate of drug-likeness (QED) is 0.679. The molecule has 132 valence electrons. The largest absolute Gasteiger partial charge is 0.326 e. The van der Waals surface area contributed by atoms with Gasteiger partial charge in [0.1, 0.15) is 0 Å². The van der Waals surface area contributed by atoms with Crippen molar-refractivity contribution in [3.05, 3.63) is 58.6 Å². The van der Waals surface area contributed by atoms with Crippen molar-refractivity contribution in [1.29, 1.82) is 0 Å². The highest BCUT2D eigenvalue weighted by atomic mass is 35.5. The number of rotatable bonds is 7. The minimum absolute atomic E-state index is 0.0760. The van der Waals surface area contributed by atoms with Crippen LogP contribution in [0.5, 0.6) is 0 Å². The molecule has 0 heterocycles. The van der Waals surface area contributed by atoms with Crippen molar-refractivity contribution in [1.82, 2.24) is 0 Å². The van der Waals surface area contributed by atoms with Gasteiger partial charge in [0, 0.05) is 34.3 Å². The van der Waals surface area contributed by atoms with Crippen LogP contribution in [0.4, 0.5) is 11.4 Å². The molecule has 2 rings (SSSR count). The van der Waals surface area contributed by atoms with E-state index in [-0.39, 0.29) is 17.7 Å². The predicted octanol–water partition coefficient (Wildman–Crippen LogP) is 5.38.